The Bertz CT molecular complexity index is 1860. The number of carbonyl (C=O) groups excluding carboxylic acids is 8. The van der Waals surface area contributed by atoms with Crippen LogP contribution in [0.4, 0.5) is 0 Å². The smallest absolute Gasteiger partial charge is 0.245 e. The number of benzene rings is 2. The van der Waals surface area contributed by atoms with Gasteiger partial charge in [0.2, 0.25) is 47.3 Å². The Morgan fingerprint density at radius 2 is 1.37 bits per heavy atom. The second-order valence-electron chi connectivity index (χ2n) is 14.7. The number of azide groups is 1. The summed E-state index contributed by atoms with van der Waals surface area (Å²) in [5, 5.41) is 16.4. The zero-order valence-corrected chi connectivity index (χ0v) is 34.8. The maximum Gasteiger partial charge on any atom is 0.245 e. The fraction of sp³-hybridized carbons (Fsp3) is 0.500. The molecule has 60 heavy (non-hydrogen) atoms. The Morgan fingerprint density at radius 1 is 0.817 bits per heavy atom. The van der Waals surface area contributed by atoms with Gasteiger partial charge in [0.1, 0.15) is 30.2 Å². The van der Waals surface area contributed by atoms with Gasteiger partial charge in [0.25, 0.3) is 0 Å². The van der Waals surface area contributed by atoms with Crippen molar-refractivity contribution in [2.75, 3.05) is 25.1 Å². The quantitative estimate of drug-likeness (QED) is 0.0432. The number of carbonyl (C=O) groups is 8. The Balaban J connectivity index is 1.87. The number of primary amides is 1. The van der Waals surface area contributed by atoms with Crippen molar-refractivity contribution in [3.8, 4) is 0 Å². The lowest BCUT2D eigenvalue weighted by Crippen LogP contribution is -2.59. The van der Waals surface area contributed by atoms with Gasteiger partial charge in [0, 0.05) is 30.7 Å². The van der Waals surface area contributed by atoms with E-state index in [2.05, 4.69) is 36.6 Å². The van der Waals surface area contributed by atoms with E-state index < -0.39 is 90.1 Å². The Labute approximate surface area is 352 Å². The van der Waals surface area contributed by atoms with Crippen molar-refractivity contribution in [3.05, 3.63) is 82.2 Å². The molecule has 0 aliphatic carbocycles. The molecule has 2 aromatic carbocycles. The van der Waals surface area contributed by atoms with E-state index in [1.165, 1.54) is 16.7 Å². The molecular formula is C40H55N11O8S. The molecule has 1 saturated heterocycles. The van der Waals surface area contributed by atoms with Crippen LogP contribution in [0, 0.1) is 5.92 Å². The van der Waals surface area contributed by atoms with Crippen LogP contribution < -0.4 is 38.1 Å². The van der Waals surface area contributed by atoms with Gasteiger partial charge in [-0.3, -0.25) is 38.4 Å². The van der Waals surface area contributed by atoms with Crippen molar-refractivity contribution in [1.82, 2.24) is 31.5 Å². The minimum Gasteiger partial charge on any atom is -0.370 e. The fourth-order valence-electron chi connectivity index (χ4n) is 6.59. The third kappa shape index (κ3) is 15.6. The van der Waals surface area contributed by atoms with Crippen LogP contribution in [0.25, 0.3) is 10.4 Å². The number of nitrogens with zero attached hydrogens (tertiary/aromatic N) is 4. The number of rotatable bonds is 24. The lowest BCUT2D eigenvalue weighted by molar-refractivity contribution is -0.141. The number of hydrogen-bond donors (Lipinski definition) is 7. The third-order valence-corrected chi connectivity index (χ3v) is 10.3. The van der Waals surface area contributed by atoms with Gasteiger partial charge in [-0.15, -0.1) is 0 Å². The highest BCUT2D eigenvalue weighted by molar-refractivity contribution is 7.98. The van der Waals surface area contributed by atoms with Crippen LogP contribution in [0.5, 0.6) is 0 Å². The van der Waals surface area contributed by atoms with Crippen molar-refractivity contribution >= 4 is 59.0 Å². The van der Waals surface area contributed by atoms with Gasteiger partial charge in [-0.05, 0) is 65.4 Å². The van der Waals surface area contributed by atoms with Crippen molar-refractivity contribution in [2.45, 2.75) is 95.0 Å². The Kier molecular flexibility index (Phi) is 20.0. The number of hydrogen-bond acceptors (Lipinski definition) is 10. The van der Waals surface area contributed by atoms with Crippen LogP contribution in [0.2, 0.25) is 0 Å². The predicted octanol–water partition coefficient (Wildman–Crippen LogP) is 0.357. The van der Waals surface area contributed by atoms with Crippen molar-refractivity contribution in [2.24, 2.45) is 22.5 Å². The molecule has 0 aromatic heterocycles. The fourth-order valence-corrected chi connectivity index (χ4v) is 7.06. The Hall–Kier alpha value is -5.98. The molecule has 2 aromatic rings. The summed E-state index contributed by atoms with van der Waals surface area (Å²) >= 11 is 1.44. The summed E-state index contributed by atoms with van der Waals surface area (Å²) < 4.78 is 0. The van der Waals surface area contributed by atoms with Crippen LogP contribution in [0.3, 0.4) is 0 Å². The lowest BCUT2D eigenvalue weighted by Gasteiger charge is -2.30. The van der Waals surface area contributed by atoms with E-state index in [-0.39, 0.29) is 57.4 Å². The van der Waals surface area contributed by atoms with Crippen molar-refractivity contribution < 1.29 is 38.4 Å². The van der Waals surface area contributed by atoms with Crippen molar-refractivity contribution in [1.29, 1.82) is 0 Å². The number of nitrogens with two attached hydrogens (primary N) is 2. The van der Waals surface area contributed by atoms with Gasteiger partial charge in [-0.2, -0.15) is 11.8 Å². The van der Waals surface area contributed by atoms with Crippen LogP contribution >= 0.6 is 11.8 Å². The molecular weight excluding hydrogens is 795 g/mol. The molecule has 3 rings (SSSR count). The molecule has 0 spiro atoms. The molecule has 0 radical (unpaired) electrons. The van der Waals surface area contributed by atoms with Gasteiger partial charge in [-0.1, -0.05) is 74.5 Å². The average molecular weight is 850 g/mol. The standard InChI is InChI=1S/C40H55N11O8S/c1-24(2)20-32(39(58)45-28(17-19-60-3)38(57)49-50-43)51-18-16-29(40(51)59)46-36(55)30(21-25-10-6-4-7-11-25)48-37(56)31(22-26-12-8-5-9-13-26)47-35(54)27(14-15-33(42)52)44-34(53)23-41/h4-13,24,27-32H,14-23,41H2,1-3H3,(H2,42,52)(H,44,53)(H,45,58)(H,46,55)(H,47,54)(H,48,56)/t27-,28-,29+,30-,31-,32-/m0/s1. The first kappa shape index (κ1) is 48.4. The Morgan fingerprint density at radius 3 is 1.88 bits per heavy atom. The maximum absolute atomic E-state index is 14.2. The highest BCUT2D eigenvalue weighted by Crippen LogP contribution is 2.21. The molecule has 0 saturated carbocycles. The molecule has 0 bridgehead atoms. The minimum absolute atomic E-state index is 0.00213. The summed E-state index contributed by atoms with van der Waals surface area (Å²) in [6, 6.07) is 10.6. The third-order valence-electron chi connectivity index (χ3n) is 9.65. The largest absolute Gasteiger partial charge is 0.370 e. The second kappa shape index (κ2) is 24.8. The summed E-state index contributed by atoms with van der Waals surface area (Å²) in [7, 11) is 0. The van der Waals surface area contributed by atoms with Crippen LogP contribution in [-0.2, 0) is 51.2 Å². The van der Waals surface area contributed by atoms with Gasteiger partial charge in [-0.25, -0.2) is 0 Å². The molecule has 0 unspecified atom stereocenters. The molecule has 20 heteroatoms. The van der Waals surface area contributed by atoms with E-state index in [1.807, 2.05) is 20.1 Å². The number of amides is 8. The van der Waals surface area contributed by atoms with E-state index in [0.717, 1.165) is 0 Å². The van der Waals surface area contributed by atoms with E-state index in [4.69, 9.17) is 17.0 Å². The molecule has 19 nitrogen and oxygen atoms in total. The van der Waals surface area contributed by atoms with Gasteiger partial charge in [0.15, 0.2) is 0 Å². The number of likely N-dealkylation sites (tertiary alicyclic amines) is 1. The van der Waals surface area contributed by atoms with Crippen LogP contribution in [0.1, 0.15) is 57.1 Å². The first-order valence-corrected chi connectivity index (χ1v) is 21.0. The summed E-state index contributed by atoms with van der Waals surface area (Å²) in [5.41, 5.74) is 20.9. The first-order valence-electron chi connectivity index (χ1n) is 19.6. The van der Waals surface area contributed by atoms with E-state index in [1.54, 1.807) is 60.7 Å². The molecule has 9 N–H and O–H groups in total. The van der Waals surface area contributed by atoms with Crippen molar-refractivity contribution in [3.63, 3.8) is 0 Å². The summed E-state index contributed by atoms with van der Waals surface area (Å²) in [6.45, 7) is 3.42. The first-order chi connectivity index (χ1) is 28.7. The highest BCUT2D eigenvalue weighted by Gasteiger charge is 2.41. The highest BCUT2D eigenvalue weighted by atomic mass is 32.2. The molecule has 8 amide bonds. The SMILES string of the molecule is CSCC[C@H](NC(=O)[C@H](CC(C)C)N1CC[C@@H](NC(=O)[C@H](Cc2ccccc2)NC(=O)[C@H](Cc2ccccc2)NC(=O)[C@H](CCC(N)=O)NC(=O)CN)C1=O)C(=O)N=[N+]=[N-]. The molecule has 1 fully saturated rings. The second-order valence-corrected chi connectivity index (χ2v) is 15.7. The summed E-state index contributed by atoms with van der Waals surface area (Å²) in [5.74, 6) is -5.15. The zero-order chi connectivity index (χ0) is 44.2. The zero-order valence-electron chi connectivity index (χ0n) is 34.0. The average Bonchev–Trinajstić information content (AvgIpc) is 3.58. The van der Waals surface area contributed by atoms with Crippen LogP contribution in [0.15, 0.2) is 65.8 Å². The summed E-state index contributed by atoms with van der Waals surface area (Å²) in [4.78, 5) is 110. The summed E-state index contributed by atoms with van der Waals surface area (Å²) in [6.07, 6.45) is 1.98. The van der Waals surface area contributed by atoms with E-state index in [0.29, 0.717) is 16.9 Å². The topological polar surface area (TPSA) is 301 Å². The number of thioether (sulfide) groups is 1. The van der Waals surface area contributed by atoms with Gasteiger partial charge >= 0.3 is 0 Å². The molecule has 1 aliphatic heterocycles. The molecule has 1 aliphatic rings. The molecule has 324 valence electrons. The predicted molar refractivity (Wildman–Crippen MR) is 224 cm³/mol. The monoisotopic (exact) mass is 849 g/mol. The molecule has 6 atom stereocenters. The molecule has 1 heterocycles. The van der Waals surface area contributed by atoms with E-state index >= 15 is 0 Å². The van der Waals surface area contributed by atoms with Gasteiger partial charge in [0.05, 0.1) is 12.6 Å². The number of nitrogens with one attached hydrogen (secondary N) is 5. The van der Waals surface area contributed by atoms with Gasteiger partial charge < -0.3 is 43.0 Å². The lowest BCUT2D eigenvalue weighted by atomic mass is 10.0. The maximum atomic E-state index is 14.2. The normalized spacial score (nSPS) is 16.0. The van der Waals surface area contributed by atoms with Crippen LogP contribution in [-0.4, -0.2) is 114 Å². The van der Waals surface area contributed by atoms with E-state index in [9.17, 15) is 38.4 Å². The minimum atomic E-state index is -1.28.